The van der Waals surface area contributed by atoms with Gasteiger partial charge in [-0.1, -0.05) is 0 Å². The molecule has 7 heteroatoms. The Labute approximate surface area is 120 Å². The van der Waals surface area contributed by atoms with Crippen LogP contribution in [0.15, 0.2) is 0 Å². The lowest BCUT2D eigenvalue weighted by molar-refractivity contribution is -0.137. The first-order valence-corrected chi connectivity index (χ1v) is 6.93. The Morgan fingerprint density at radius 2 is 1.95 bits per heavy atom. The Kier molecular flexibility index (Phi) is 11.8. The lowest BCUT2D eigenvalue weighted by atomic mass is 10.3. The molecule has 0 atom stereocenters. The van der Waals surface area contributed by atoms with Gasteiger partial charge in [-0.25, -0.2) is 4.79 Å². The number of aliphatic carboxylic acids is 1. The van der Waals surface area contributed by atoms with E-state index in [9.17, 15) is 9.59 Å². The zero-order chi connectivity index (χ0) is 15.2. The smallest absolute Gasteiger partial charge is 0.317 e. The second kappa shape index (κ2) is 12.7. The Morgan fingerprint density at radius 1 is 1.20 bits per heavy atom. The number of rotatable bonds is 12. The molecule has 0 aliphatic carbocycles. The molecule has 0 saturated heterocycles. The van der Waals surface area contributed by atoms with Crippen LogP contribution in [0.1, 0.15) is 26.2 Å². The van der Waals surface area contributed by atoms with Gasteiger partial charge in [0.15, 0.2) is 0 Å². The number of nitrogens with zero attached hydrogens (tertiary/aromatic N) is 1. The van der Waals surface area contributed by atoms with Crippen LogP contribution in [0.25, 0.3) is 0 Å². The molecular formula is C13H26N2O5. The summed E-state index contributed by atoms with van der Waals surface area (Å²) in [5.41, 5.74) is 0. The largest absolute Gasteiger partial charge is 0.481 e. The predicted molar refractivity (Wildman–Crippen MR) is 74.8 cm³/mol. The zero-order valence-electron chi connectivity index (χ0n) is 12.4. The summed E-state index contributed by atoms with van der Waals surface area (Å²) in [4.78, 5) is 23.7. The Balaban J connectivity index is 3.57. The number of unbranched alkanes of at least 4 members (excludes halogenated alkanes) is 1. The van der Waals surface area contributed by atoms with Gasteiger partial charge in [0.1, 0.15) is 0 Å². The second-order valence-electron chi connectivity index (χ2n) is 4.27. The summed E-state index contributed by atoms with van der Waals surface area (Å²) in [5, 5.41) is 11.4. The monoisotopic (exact) mass is 290 g/mol. The molecule has 2 amide bonds. The van der Waals surface area contributed by atoms with Crippen molar-refractivity contribution in [2.24, 2.45) is 0 Å². The lowest BCUT2D eigenvalue weighted by Crippen LogP contribution is -2.41. The topological polar surface area (TPSA) is 88.1 Å². The number of methoxy groups -OCH3 is 1. The highest BCUT2D eigenvalue weighted by molar-refractivity contribution is 5.75. The van der Waals surface area contributed by atoms with Gasteiger partial charge in [0, 0.05) is 33.4 Å². The van der Waals surface area contributed by atoms with Gasteiger partial charge in [0.05, 0.1) is 19.6 Å². The molecule has 2 N–H and O–H groups in total. The second-order valence-corrected chi connectivity index (χ2v) is 4.27. The van der Waals surface area contributed by atoms with E-state index in [-0.39, 0.29) is 19.0 Å². The molecule has 0 saturated carbocycles. The normalized spacial score (nSPS) is 10.3. The summed E-state index contributed by atoms with van der Waals surface area (Å²) in [6.45, 7) is 4.95. The van der Waals surface area contributed by atoms with E-state index < -0.39 is 5.97 Å². The fourth-order valence-electron chi connectivity index (χ4n) is 1.51. The van der Waals surface area contributed by atoms with E-state index in [1.54, 1.807) is 7.11 Å². The Bertz CT molecular complexity index is 273. The maximum Gasteiger partial charge on any atom is 0.317 e. The minimum atomic E-state index is -0.899. The SMILES string of the molecule is CCN(CCC(=O)O)C(=O)NCCCCOCCOC. The number of hydrogen-bond donors (Lipinski definition) is 2. The van der Waals surface area contributed by atoms with E-state index in [1.165, 1.54) is 4.90 Å². The van der Waals surface area contributed by atoms with Crippen LogP contribution < -0.4 is 5.32 Å². The number of carbonyl (C=O) groups excluding carboxylic acids is 1. The van der Waals surface area contributed by atoms with Gasteiger partial charge < -0.3 is 24.8 Å². The van der Waals surface area contributed by atoms with Gasteiger partial charge in [-0.05, 0) is 19.8 Å². The van der Waals surface area contributed by atoms with Gasteiger partial charge >= 0.3 is 12.0 Å². The molecule has 0 spiro atoms. The number of carboxylic acid groups (broad SMARTS) is 1. The number of nitrogens with one attached hydrogen (secondary N) is 1. The van der Waals surface area contributed by atoms with Crippen molar-refractivity contribution in [3.05, 3.63) is 0 Å². The van der Waals surface area contributed by atoms with Gasteiger partial charge in [-0.3, -0.25) is 4.79 Å². The first-order valence-electron chi connectivity index (χ1n) is 6.93. The van der Waals surface area contributed by atoms with Crippen molar-refractivity contribution in [3.63, 3.8) is 0 Å². The standard InChI is InChI=1S/C13H26N2O5/c1-3-15(8-6-12(16)17)13(18)14-7-4-5-9-20-11-10-19-2/h3-11H2,1-2H3,(H,14,18)(H,16,17). The molecule has 0 unspecified atom stereocenters. The average Bonchev–Trinajstić information content (AvgIpc) is 2.42. The number of amides is 2. The molecule has 0 bridgehead atoms. The summed E-state index contributed by atoms with van der Waals surface area (Å²) in [6, 6.07) is -0.214. The molecule has 0 aliphatic heterocycles. The van der Waals surface area contributed by atoms with Gasteiger partial charge in [0.25, 0.3) is 0 Å². The lowest BCUT2D eigenvalue weighted by Gasteiger charge is -2.20. The number of carbonyl (C=O) groups is 2. The van der Waals surface area contributed by atoms with E-state index in [4.69, 9.17) is 14.6 Å². The maximum atomic E-state index is 11.7. The predicted octanol–water partition coefficient (Wildman–Crippen LogP) is 0.936. The van der Waals surface area contributed by atoms with Crippen LogP contribution in [-0.2, 0) is 14.3 Å². The zero-order valence-corrected chi connectivity index (χ0v) is 12.4. The summed E-state index contributed by atoms with van der Waals surface area (Å²) < 4.78 is 10.2. The van der Waals surface area contributed by atoms with E-state index in [1.807, 2.05) is 6.92 Å². The fourth-order valence-corrected chi connectivity index (χ4v) is 1.51. The van der Waals surface area contributed by atoms with Crippen molar-refractivity contribution >= 4 is 12.0 Å². The van der Waals surface area contributed by atoms with Crippen molar-refractivity contribution < 1.29 is 24.2 Å². The molecule has 7 nitrogen and oxygen atoms in total. The summed E-state index contributed by atoms with van der Waals surface area (Å²) in [7, 11) is 1.63. The molecule has 0 radical (unpaired) electrons. The van der Waals surface area contributed by atoms with Gasteiger partial charge in [-0.15, -0.1) is 0 Å². The quantitative estimate of drug-likeness (QED) is 0.522. The highest BCUT2D eigenvalue weighted by Gasteiger charge is 2.11. The van der Waals surface area contributed by atoms with Crippen molar-refractivity contribution in [3.8, 4) is 0 Å². The first kappa shape index (κ1) is 18.7. The summed E-state index contributed by atoms with van der Waals surface area (Å²) in [6.07, 6.45) is 1.66. The van der Waals surface area contributed by atoms with E-state index >= 15 is 0 Å². The van der Waals surface area contributed by atoms with Crippen LogP contribution in [-0.4, -0.2) is 68.6 Å². The van der Waals surface area contributed by atoms with Crippen molar-refractivity contribution in [1.29, 1.82) is 0 Å². The van der Waals surface area contributed by atoms with E-state index in [2.05, 4.69) is 5.32 Å². The first-order chi connectivity index (χ1) is 9.61. The van der Waals surface area contributed by atoms with Crippen molar-refractivity contribution in [2.45, 2.75) is 26.2 Å². The molecule has 0 heterocycles. The number of hydrogen-bond acceptors (Lipinski definition) is 4. The Hall–Kier alpha value is -1.34. The molecule has 118 valence electrons. The summed E-state index contributed by atoms with van der Waals surface area (Å²) >= 11 is 0. The van der Waals surface area contributed by atoms with Crippen LogP contribution in [0.3, 0.4) is 0 Å². The van der Waals surface area contributed by atoms with Crippen LogP contribution in [0.2, 0.25) is 0 Å². The average molecular weight is 290 g/mol. The highest BCUT2D eigenvalue weighted by atomic mass is 16.5. The van der Waals surface area contributed by atoms with Crippen LogP contribution >= 0.6 is 0 Å². The van der Waals surface area contributed by atoms with Crippen LogP contribution in [0.5, 0.6) is 0 Å². The third kappa shape index (κ3) is 10.6. The van der Waals surface area contributed by atoms with Crippen molar-refractivity contribution in [2.75, 3.05) is 46.6 Å². The third-order valence-electron chi connectivity index (χ3n) is 2.69. The van der Waals surface area contributed by atoms with Gasteiger partial charge in [0.2, 0.25) is 0 Å². The molecule has 0 fully saturated rings. The van der Waals surface area contributed by atoms with Gasteiger partial charge in [-0.2, -0.15) is 0 Å². The molecular weight excluding hydrogens is 264 g/mol. The molecule has 0 aliphatic rings. The third-order valence-corrected chi connectivity index (χ3v) is 2.69. The molecule has 0 aromatic heterocycles. The van der Waals surface area contributed by atoms with Crippen LogP contribution in [0, 0.1) is 0 Å². The van der Waals surface area contributed by atoms with E-state index in [0.29, 0.717) is 32.9 Å². The maximum absolute atomic E-state index is 11.7. The summed E-state index contributed by atoms with van der Waals surface area (Å²) in [5.74, 6) is -0.899. The number of carboxylic acids is 1. The minimum Gasteiger partial charge on any atom is -0.481 e. The van der Waals surface area contributed by atoms with Crippen molar-refractivity contribution in [1.82, 2.24) is 10.2 Å². The molecule has 0 rings (SSSR count). The number of urea groups is 1. The van der Waals surface area contributed by atoms with E-state index in [0.717, 1.165) is 12.8 Å². The molecule has 20 heavy (non-hydrogen) atoms. The molecule has 0 aromatic carbocycles. The number of ether oxygens (including phenoxy) is 2. The highest BCUT2D eigenvalue weighted by Crippen LogP contribution is 1.94. The Morgan fingerprint density at radius 3 is 2.55 bits per heavy atom. The molecule has 0 aromatic rings. The fraction of sp³-hybridized carbons (Fsp3) is 0.846. The van der Waals surface area contributed by atoms with Crippen LogP contribution in [0.4, 0.5) is 4.79 Å². The minimum absolute atomic E-state index is 0.0331.